The molecule has 0 aromatic heterocycles. The topological polar surface area (TPSA) is 66.5 Å². The molecule has 126 valence electrons. The molecular weight excluding hydrogens is 343 g/mol. The Bertz CT molecular complexity index is 868. The molecule has 0 atom stereocenters. The molecule has 0 spiro atoms. The summed E-state index contributed by atoms with van der Waals surface area (Å²) < 4.78 is 13.5. The van der Waals surface area contributed by atoms with Gasteiger partial charge in [0.1, 0.15) is 12.4 Å². The van der Waals surface area contributed by atoms with Gasteiger partial charge in [-0.3, -0.25) is 19.3 Å². The van der Waals surface area contributed by atoms with Crippen molar-refractivity contribution in [2.75, 3.05) is 11.9 Å². The van der Waals surface area contributed by atoms with Crippen LogP contribution in [0.25, 0.3) is 6.08 Å². The van der Waals surface area contributed by atoms with Gasteiger partial charge in [0.2, 0.25) is 5.91 Å². The lowest BCUT2D eigenvalue weighted by molar-refractivity contribution is -0.127. The number of benzene rings is 2. The van der Waals surface area contributed by atoms with Crippen molar-refractivity contribution in [1.29, 1.82) is 0 Å². The van der Waals surface area contributed by atoms with E-state index in [0.717, 1.165) is 22.2 Å². The zero-order valence-electron chi connectivity index (χ0n) is 12.9. The number of anilines is 1. The van der Waals surface area contributed by atoms with E-state index in [-0.39, 0.29) is 10.6 Å². The number of nitrogens with one attached hydrogen (secondary N) is 1. The summed E-state index contributed by atoms with van der Waals surface area (Å²) in [5.74, 6) is -1.77. The molecule has 0 bridgehead atoms. The predicted octanol–water partition coefficient (Wildman–Crippen LogP) is 3.50. The summed E-state index contributed by atoms with van der Waals surface area (Å²) in [6.45, 7) is -0.467. The van der Waals surface area contributed by atoms with Crippen LogP contribution in [0.5, 0.6) is 0 Å². The Morgan fingerprint density at radius 2 is 1.76 bits per heavy atom. The second-order valence-electron chi connectivity index (χ2n) is 5.21. The maximum Gasteiger partial charge on any atom is 0.294 e. The molecule has 1 saturated heterocycles. The highest BCUT2D eigenvalue weighted by molar-refractivity contribution is 8.18. The van der Waals surface area contributed by atoms with E-state index in [9.17, 15) is 18.8 Å². The standard InChI is InChI=1S/C18H13FN2O3S/c19-13-8-4-5-9-14(13)20-16(22)11-21-17(23)15(25-18(21)24)10-12-6-2-1-3-7-12/h1-10H,11H2,(H,20,22)/b15-10-. The van der Waals surface area contributed by atoms with E-state index in [1.165, 1.54) is 18.2 Å². The van der Waals surface area contributed by atoms with Crippen molar-refractivity contribution in [3.8, 4) is 0 Å². The molecule has 7 heteroatoms. The summed E-state index contributed by atoms with van der Waals surface area (Å²) in [5, 5.41) is 1.82. The van der Waals surface area contributed by atoms with Crippen LogP contribution in [0.4, 0.5) is 14.9 Å². The van der Waals surface area contributed by atoms with Gasteiger partial charge in [0.05, 0.1) is 10.6 Å². The largest absolute Gasteiger partial charge is 0.322 e. The number of rotatable bonds is 4. The number of carbonyl (C=O) groups is 3. The molecule has 1 heterocycles. The van der Waals surface area contributed by atoms with E-state index in [1.54, 1.807) is 24.3 Å². The molecule has 0 aliphatic carbocycles. The summed E-state index contributed by atoms with van der Waals surface area (Å²) in [4.78, 5) is 37.5. The van der Waals surface area contributed by atoms with E-state index >= 15 is 0 Å². The zero-order valence-corrected chi connectivity index (χ0v) is 13.8. The third-order valence-corrected chi connectivity index (χ3v) is 4.33. The number of carbonyl (C=O) groups excluding carboxylic acids is 3. The van der Waals surface area contributed by atoms with Gasteiger partial charge in [0.25, 0.3) is 11.1 Å². The molecule has 1 N–H and O–H groups in total. The first-order valence-corrected chi connectivity index (χ1v) is 8.21. The highest BCUT2D eigenvalue weighted by Crippen LogP contribution is 2.32. The van der Waals surface area contributed by atoms with Crippen molar-refractivity contribution in [2.24, 2.45) is 0 Å². The summed E-state index contributed by atoms with van der Waals surface area (Å²) in [5.41, 5.74) is 0.781. The molecular formula is C18H13FN2O3S. The van der Waals surface area contributed by atoms with Gasteiger partial charge >= 0.3 is 0 Å². The van der Waals surface area contributed by atoms with Crippen LogP contribution < -0.4 is 5.32 Å². The number of hydrogen-bond donors (Lipinski definition) is 1. The Balaban J connectivity index is 1.70. The normalized spacial score (nSPS) is 15.7. The smallest absolute Gasteiger partial charge is 0.294 e. The van der Waals surface area contributed by atoms with E-state index < -0.39 is 29.4 Å². The van der Waals surface area contributed by atoms with Gasteiger partial charge in [-0.2, -0.15) is 0 Å². The van der Waals surface area contributed by atoms with Crippen LogP contribution in [0.1, 0.15) is 5.56 Å². The first-order chi connectivity index (χ1) is 12.0. The minimum atomic E-state index is -0.645. The van der Waals surface area contributed by atoms with Crippen LogP contribution in [0.3, 0.4) is 0 Å². The summed E-state index contributed by atoms with van der Waals surface area (Å²) >= 11 is 0.773. The number of hydrogen-bond acceptors (Lipinski definition) is 4. The molecule has 2 aromatic rings. The molecule has 1 fully saturated rings. The monoisotopic (exact) mass is 356 g/mol. The summed E-state index contributed by atoms with van der Waals surface area (Å²) in [6.07, 6.45) is 1.60. The first-order valence-electron chi connectivity index (χ1n) is 7.39. The average molecular weight is 356 g/mol. The van der Waals surface area contributed by atoms with Gasteiger partial charge in [-0.25, -0.2) is 4.39 Å². The average Bonchev–Trinajstić information content (AvgIpc) is 2.85. The van der Waals surface area contributed by atoms with Crippen molar-refractivity contribution in [2.45, 2.75) is 0 Å². The van der Waals surface area contributed by atoms with Gasteiger partial charge < -0.3 is 5.32 Å². The van der Waals surface area contributed by atoms with Crippen molar-refractivity contribution < 1.29 is 18.8 Å². The lowest BCUT2D eigenvalue weighted by Crippen LogP contribution is -2.36. The third kappa shape index (κ3) is 3.95. The van der Waals surface area contributed by atoms with Crippen LogP contribution in [-0.4, -0.2) is 28.5 Å². The Morgan fingerprint density at radius 3 is 2.48 bits per heavy atom. The Labute approximate surface area is 147 Å². The lowest BCUT2D eigenvalue weighted by Gasteiger charge is -2.12. The van der Waals surface area contributed by atoms with Gasteiger partial charge in [-0.15, -0.1) is 0 Å². The van der Waals surface area contributed by atoms with Gasteiger partial charge in [-0.1, -0.05) is 42.5 Å². The number of para-hydroxylation sites is 1. The molecule has 1 aliphatic heterocycles. The van der Waals surface area contributed by atoms with Crippen LogP contribution in [0.2, 0.25) is 0 Å². The molecule has 2 aromatic carbocycles. The van der Waals surface area contributed by atoms with Crippen molar-refractivity contribution in [3.63, 3.8) is 0 Å². The fraction of sp³-hybridized carbons (Fsp3) is 0.0556. The Morgan fingerprint density at radius 1 is 1.08 bits per heavy atom. The maximum absolute atomic E-state index is 13.5. The highest BCUT2D eigenvalue weighted by Gasteiger charge is 2.36. The predicted molar refractivity (Wildman–Crippen MR) is 94.1 cm³/mol. The summed E-state index contributed by atoms with van der Waals surface area (Å²) in [7, 11) is 0. The molecule has 1 aliphatic rings. The SMILES string of the molecule is O=C(CN1C(=O)S/C(=C\c2ccccc2)C1=O)Nc1ccccc1F. The zero-order chi connectivity index (χ0) is 17.8. The Kier molecular flexibility index (Phi) is 4.95. The minimum Gasteiger partial charge on any atom is -0.322 e. The number of halogens is 1. The van der Waals surface area contributed by atoms with Gasteiger partial charge in [0, 0.05) is 0 Å². The summed E-state index contributed by atoms with van der Waals surface area (Å²) in [6, 6.07) is 14.8. The molecule has 0 saturated carbocycles. The molecule has 5 nitrogen and oxygen atoms in total. The number of amides is 3. The maximum atomic E-state index is 13.5. The van der Waals surface area contributed by atoms with Crippen LogP contribution in [-0.2, 0) is 9.59 Å². The second kappa shape index (κ2) is 7.31. The number of nitrogens with zero attached hydrogens (tertiary/aromatic N) is 1. The Hall–Kier alpha value is -2.93. The van der Waals surface area contributed by atoms with Gasteiger partial charge in [-0.05, 0) is 35.5 Å². The van der Waals surface area contributed by atoms with Crippen molar-refractivity contribution >= 4 is 40.6 Å². The van der Waals surface area contributed by atoms with E-state index in [2.05, 4.69) is 5.32 Å². The fourth-order valence-electron chi connectivity index (χ4n) is 2.23. The fourth-order valence-corrected chi connectivity index (χ4v) is 3.07. The quantitative estimate of drug-likeness (QED) is 0.852. The third-order valence-electron chi connectivity index (χ3n) is 3.42. The van der Waals surface area contributed by atoms with Crippen molar-refractivity contribution in [1.82, 2.24) is 4.90 Å². The van der Waals surface area contributed by atoms with E-state index in [1.807, 2.05) is 18.2 Å². The molecule has 0 radical (unpaired) electrons. The number of thioether (sulfide) groups is 1. The van der Waals surface area contributed by atoms with Crippen molar-refractivity contribution in [3.05, 3.63) is 70.9 Å². The van der Waals surface area contributed by atoms with Crippen LogP contribution in [0, 0.1) is 5.82 Å². The second-order valence-corrected chi connectivity index (χ2v) is 6.20. The minimum absolute atomic E-state index is 0.000649. The molecule has 25 heavy (non-hydrogen) atoms. The van der Waals surface area contributed by atoms with Gasteiger partial charge in [0.15, 0.2) is 0 Å². The highest BCUT2D eigenvalue weighted by atomic mass is 32.2. The van der Waals surface area contributed by atoms with Crippen LogP contribution in [0.15, 0.2) is 59.5 Å². The first kappa shape index (κ1) is 16.9. The number of imide groups is 1. The lowest BCUT2D eigenvalue weighted by atomic mass is 10.2. The molecule has 3 amide bonds. The van der Waals surface area contributed by atoms with E-state index in [0.29, 0.717) is 0 Å². The molecule has 0 unspecified atom stereocenters. The molecule has 3 rings (SSSR count). The van der Waals surface area contributed by atoms with E-state index in [4.69, 9.17) is 0 Å². The van der Waals surface area contributed by atoms with Crippen LogP contribution >= 0.6 is 11.8 Å².